The number of carbonyl (C=O) groups excluding carboxylic acids is 2. The van der Waals surface area contributed by atoms with Crippen molar-refractivity contribution < 1.29 is 23.1 Å². The van der Waals surface area contributed by atoms with Crippen molar-refractivity contribution >= 4 is 29.3 Å². The number of benzene rings is 2. The van der Waals surface area contributed by atoms with Crippen LogP contribution in [0.3, 0.4) is 0 Å². The van der Waals surface area contributed by atoms with Crippen LogP contribution in [0.4, 0.5) is 14.5 Å². The van der Waals surface area contributed by atoms with E-state index >= 15 is 0 Å². The summed E-state index contributed by atoms with van der Waals surface area (Å²) < 4.78 is 31.6. The van der Waals surface area contributed by atoms with Gasteiger partial charge in [0.1, 0.15) is 11.6 Å². The maximum absolute atomic E-state index is 13.5. The Hall–Kier alpha value is -2.92. The van der Waals surface area contributed by atoms with Crippen LogP contribution in [0.25, 0.3) is 0 Å². The lowest BCUT2D eigenvalue weighted by Gasteiger charge is -2.21. The number of anilines is 1. The first-order valence-electron chi connectivity index (χ1n) is 7.97. The molecule has 0 radical (unpaired) electrons. The van der Waals surface area contributed by atoms with Gasteiger partial charge in [-0.2, -0.15) is 5.26 Å². The average Bonchev–Trinajstić information content (AvgIpc) is 2.68. The highest BCUT2D eigenvalue weighted by Crippen LogP contribution is 2.22. The molecular formula is C19H16F2N2O3S. The molecule has 1 amide bonds. The van der Waals surface area contributed by atoms with E-state index in [1.165, 1.54) is 4.90 Å². The van der Waals surface area contributed by atoms with Crippen LogP contribution in [0.1, 0.15) is 6.42 Å². The summed E-state index contributed by atoms with van der Waals surface area (Å²) in [6, 6.07) is 13.6. The first-order chi connectivity index (χ1) is 13.0. The number of rotatable bonds is 8. The third-order valence-electron chi connectivity index (χ3n) is 3.41. The van der Waals surface area contributed by atoms with Gasteiger partial charge in [0.25, 0.3) is 5.91 Å². The van der Waals surface area contributed by atoms with Gasteiger partial charge in [-0.25, -0.2) is 8.78 Å². The lowest BCUT2D eigenvalue weighted by molar-refractivity contribution is -0.145. The molecule has 0 atom stereocenters. The highest BCUT2D eigenvalue weighted by molar-refractivity contribution is 8.00. The number of halogens is 2. The SMILES string of the molecule is N#CCCN(C(=O)COC(=O)CSc1cc(F)ccc1F)c1ccccc1. The van der Waals surface area contributed by atoms with Crippen LogP contribution in [0.5, 0.6) is 0 Å². The molecule has 5 nitrogen and oxygen atoms in total. The molecule has 0 aliphatic rings. The van der Waals surface area contributed by atoms with E-state index in [1.54, 1.807) is 30.3 Å². The van der Waals surface area contributed by atoms with Crippen LogP contribution >= 0.6 is 11.8 Å². The minimum absolute atomic E-state index is 0.0155. The smallest absolute Gasteiger partial charge is 0.316 e. The topological polar surface area (TPSA) is 70.4 Å². The van der Waals surface area contributed by atoms with Crippen LogP contribution in [0, 0.1) is 23.0 Å². The van der Waals surface area contributed by atoms with Crippen LogP contribution < -0.4 is 4.90 Å². The summed E-state index contributed by atoms with van der Waals surface area (Å²) in [6.45, 7) is -0.342. The molecule has 2 rings (SSSR count). The Morgan fingerprint density at radius 2 is 1.89 bits per heavy atom. The lowest BCUT2D eigenvalue weighted by atomic mass is 10.2. The van der Waals surface area contributed by atoms with E-state index in [4.69, 9.17) is 10.00 Å². The predicted molar refractivity (Wildman–Crippen MR) is 97.1 cm³/mol. The van der Waals surface area contributed by atoms with Crippen LogP contribution in [0.2, 0.25) is 0 Å². The number of nitriles is 1. The third-order valence-corrected chi connectivity index (χ3v) is 4.42. The summed E-state index contributed by atoms with van der Waals surface area (Å²) in [5.74, 6) is -2.73. The van der Waals surface area contributed by atoms with E-state index in [2.05, 4.69) is 0 Å². The van der Waals surface area contributed by atoms with Crippen molar-refractivity contribution in [3.8, 4) is 6.07 Å². The van der Waals surface area contributed by atoms with E-state index in [0.717, 1.165) is 30.0 Å². The fraction of sp³-hybridized carbons (Fsp3) is 0.211. The number of carbonyl (C=O) groups is 2. The number of nitrogens with zero attached hydrogens (tertiary/aromatic N) is 2. The van der Waals surface area contributed by atoms with Crippen molar-refractivity contribution in [2.24, 2.45) is 0 Å². The second-order valence-corrected chi connectivity index (χ2v) is 6.33. The molecule has 0 N–H and O–H groups in total. The predicted octanol–water partition coefficient (Wildman–Crippen LogP) is 3.55. The summed E-state index contributed by atoms with van der Waals surface area (Å²) >= 11 is 0.782. The molecule has 140 valence electrons. The maximum Gasteiger partial charge on any atom is 0.316 e. The molecule has 0 aliphatic heterocycles. The van der Waals surface area contributed by atoms with E-state index < -0.39 is 30.1 Å². The van der Waals surface area contributed by atoms with E-state index in [-0.39, 0.29) is 23.6 Å². The zero-order valence-corrected chi connectivity index (χ0v) is 15.0. The summed E-state index contributed by atoms with van der Waals surface area (Å²) in [5, 5.41) is 8.75. The van der Waals surface area contributed by atoms with Crippen molar-refractivity contribution in [1.82, 2.24) is 0 Å². The van der Waals surface area contributed by atoms with Crippen molar-refractivity contribution in [2.75, 3.05) is 23.8 Å². The molecule has 0 aliphatic carbocycles. The fourth-order valence-electron chi connectivity index (χ4n) is 2.15. The van der Waals surface area contributed by atoms with Crippen molar-refractivity contribution in [3.05, 3.63) is 60.2 Å². The molecule has 0 aromatic heterocycles. The Morgan fingerprint density at radius 3 is 2.59 bits per heavy atom. The molecule has 0 saturated carbocycles. The standard InChI is InChI=1S/C19H16F2N2O3S/c20-14-7-8-16(21)17(11-14)27-13-19(25)26-12-18(24)23(10-4-9-22)15-5-2-1-3-6-15/h1-3,5-8,11H,4,10,12-13H2. The van der Waals surface area contributed by atoms with E-state index in [1.807, 2.05) is 6.07 Å². The molecule has 27 heavy (non-hydrogen) atoms. The number of hydrogen-bond acceptors (Lipinski definition) is 5. The molecule has 8 heteroatoms. The van der Waals surface area contributed by atoms with Crippen LogP contribution in [-0.2, 0) is 14.3 Å². The molecule has 0 bridgehead atoms. The van der Waals surface area contributed by atoms with Gasteiger partial charge < -0.3 is 9.64 Å². The zero-order valence-electron chi connectivity index (χ0n) is 14.2. The van der Waals surface area contributed by atoms with Crippen molar-refractivity contribution in [2.45, 2.75) is 11.3 Å². The minimum Gasteiger partial charge on any atom is -0.455 e. The normalized spacial score (nSPS) is 10.1. The van der Waals surface area contributed by atoms with Crippen LogP contribution in [-0.4, -0.2) is 30.8 Å². The molecule has 2 aromatic carbocycles. The second-order valence-electron chi connectivity index (χ2n) is 5.31. The molecule has 0 heterocycles. The van der Waals surface area contributed by atoms with Gasteiger partial charge in [-0.05, 0) is 30.3 Å². The lowest BCUT2D eigenvalue weighted by Crippen LogP contribution is -2.35. The Labute approximate surface area is 159 Å². The first-order valence-corrected chi connectivity index (χ1v) is 8.95. The fourth-order valence-corrected chi connectivity index (χ4v) is 2.91. The van der Waals surface area contributed by atoms with Gasteiger partial charge in [-0.3, -0.25) is 9.59 Å². The Bertz CT molecular complexity index is 841. The maximum atomic E-state index is 13.5. The molecule has 0 saturated heterocycles. The first kappa shape index (κ1) is 20.4. The van der Waals surface area contributed by atoms with Gasteiger partial charge in [0.2, 0.25) is 0 Å². The number of hydrogen-bond donors (Lipinski definition) is 0. The van der Waals surface area contributed by atoms with Gasteiger partial charge >= 0.3 is 5.97 Å². The summed E-state index contributed by atoms with van der Waals surface area (Å²) in [6.07, 6.45) is 0.128. The van der Waals surface area contributed by atoms with Gasteiger partial charge in [-0.1, -0.05) is 18.2 Å². The van der Waals surface area contributed by atoms with Gasteiger partial charge in [0, 0.05) is 17.1 Å². The molecule has 2 aromatic rings. The number of amides is 1. The van der Waals surface area contributed by atoms with Crippen molar-refractivity contribution in [1.29, 1.82) is 5.26 Å². The third kappa shape index (κ3) is 6.38. The van der Waals surface area contributed by atoms with E-state index in [9.17, 15) is 18.4 Å². The van der Waals surface area contributed by atoms with Gasteiger partial charge in [-0.15, -0.1) is 11.8 Å². The Balaban J connectivity index is 1.89. The highest BCUT2D eigenvalue weighted by atomic mass is 32.2. The quantitative estimate of drug-likeness (QED) is 0.509. The summed E-state index contributed by atoms with van der Waals surface area (Å²) in [5.41, 5.74) is 0.588. The molecule has 0 spiro atoms. The molecular weight excluding hydrogens is 374 g/mol. The largest absolute Gasteiger partial charge is 0.455 e. The summed E-state index contributed by atoms with van der Waals surface area (Å²) in [4.78, 5) is 25.5. The molecule has 0 unspecified atom stereocenters. The minimum atomic E-state index is -0.731. The van der Waals surface area contributed by atoms with E-state index in [0.29, 0.717) is 5.69 Å². The Morgan fingerprint density at radius 1 is 1.15 bits per heavy atom. The number of esters is 1. The van der Waals surface area contributed by atoms with Crippen molar-refractivity contribution in [3.63, 3.8) is 0 Å². The number of ether oxygens (including phenoxy) is 1. The number of para-hydroxylation sites is 1. The zero-order chi connectivity index (χ0) is 19.6. The highest BCUT2D eigenvalue weighted by Gasteiger charge is 2.17. The molecule has 0 fully saturated rings. The van der Waals surface area contributed by atoms with Gasteiger partial charge in [0.05, 0.1) is 18.2 Å². The Kier molecular flexibility index (Phi) is 7.77. The second kappa shape index (κ2) is 10.3. The summed E-state index contributed by atoms with van der Waals surface area (Å²) in [7, 11) is 0. The average molecular weight is 390 g/mol. The van der Waals surface area contributed by atoms with Gasteiger partial charge in [0.15, 0.2) is 6.61 Å². The monoisotopic (exact) mass is 390 g/mol. The van der Waals surface area contributed by atoms with Crippen LogP contribution in [0.15, 0.2) is 53.4 Å². The number of thioether (sulfide) groups is 1.